The SMILES string of the molecule is CCC1C2CC3CC(C2)CC1(OC(=O)C(C)(C)CC(C)(CC(F)(CC)C(=O)OC1CC2CC1CC2C(C)(OC(=O)OC(C)(C)C)C(F)(F)F)C(=O)OC12CC4CC(C1)CC(C(C)(C)O)(C4)C2)C3. The van der Waals surface area contributed by atoms with Crippen molar-refractivity contribution in [1.29, 1.82) is 0 Å². The molecule has 67 heavy (non-hydrogen) atoms. The second-order valence-electron chi connectivity index (χ2n) is 26.5. The molecule has 0 amide bonds. The summed E-state index contributed by atoms with van der Waals surface area (Å²) in [6.07, 6.45) is 2.09. The maximum Gasteiger partial charge on any atom is 0.509 e. The molecular formula is C53H80F4O10. The van der Waals surface area contributed by atoms with Gasteiger partial charge in [0.25, 0.3) is 0 Å². The molecular weight excluding hydrogens is 873 g/mol. The molecule has 0 heterocycles. The molecule has 380 valence electrons. The molecule has 0 aliphatic heterocycles. The molecule has 10 fully saturated rings. The van der Waals surface area contributed by atoms with E-state index in [0.29, 0.717) is 37.0 Å². The largest absolute Gasteiger partial charge is 0.509 e. The number of alkyl halides is 4. The lowest BCUT2D eigenvalue weighted by molar-refractivity contribution is -0.283. The number of halogens is 4. The Morgan fingerprint density at radius 1 is 0.627 bits per heavy atom. The molecule has 10 aliphatic rings. The van der Waals surface area contributed by atoms with Crippen LogP contribution in [0.1, 0.15) is 192 Å². The number of hydrogen-bond acceptors (Lipinski definition) is 10. The summed E-state index contributed by atoms with van der Waals surface area (Å²) < 4.78 is 91.8. The Bertz CT molecular complexity index is 1920. The molecule has 0 aromatic carbocycles. The quantitative estimate of drug-likeness (QED) is 0.0960. The lowest BCUT2D eigenvalue weighted by atomic mass is 9.44. The number of fused-ring (bicyclic) bond motifs is 2. The third-order valence-corrected chi connectivity index (χ3v) is 19.3. The van der Waals surface area contributed by atoms with Gasteiger partial charge in [-0.2, -0.15) is 13.2 Å². The number of ether oxygens (including phenoxy) is 5. The molecule has 10 bridgehead atoms. The van der Waals surface area contributed by atoms with Crippen LogP contribution in [0.2, 0.25) is 0 Å². The number of carbonyl (C=O) groups excluding carboxylic acids is 4. The van der Waals surface area contributed by atoms with Crippen molar-refractivity contribution in [2.75, 3.05) is 0 Å². The van der Waals surface area contributed by atoms with Crippen molar-refractivity contribution in [2.24, 2.45) is 69.5 Å². The minimum absolute atomic E-state index is 0.0132. The molecule has 0 spiro atoms. The lowest BCUT2D eigenvalue weighted by Gasteiger charge is -2.64. The van der Waals surface area contributed by atoms with E-state index in [2.05, 4.69) is 6.92 Å². The van der Waals surface area contributed by atoms with Crippen molar-refractivity contribution >= 4 is 24.1 Å². The minimum Gasteiger partial charge on any atom is -0.460 e. The first-order valence-electron chi connectivity index (χ1n) is 25.8. The zero-order valence-corrected chi connectivity index (χ0v) is 42.1. The highest BCUT2D eigenvalue weighted by Crippen LogP contribution is 2.67. The van der Waals surface area contributed by atoms with Crippen molar-refractivity contribution in [3.05, 3.63) is 0 Å². The third-order valence-electron chi connectivity index (χ3n) is 19.3. The topological polar surface area (TPSA) is 135 Å². The van der Waals surface area contributed by atoms with Gasteiger partial charge in [0.2, 0.25) is 11.3 Å². The first kappa shape index (κ1) is 50.7. The van der Waals surface area contributed by atoms with Gasteiger partial charge in [0.05, 0.1) is 16.4 Å². The Labute approximate surface area is 395 Å². The summed E-state index contributed by atoms with van der Waals surface area (Å²) in [4.78, 5) is 56.9. The highest BCUT2D eigenvalue weighted by molar-refractivity contribution is 5.84. The van der Waals surface area contributed by atoms with Gasteiger partial charge >= 0.3 is 30.2 Å². The maximum absolute atomic E-state index is 17.9. The summed E-state index contributed by atoms with van der Waals surface area (Å²) in [7, 11) is 0. The minimum atomic E-state index is -4.93. The second kappa shape index (κ2) is 16.5. The first-order valence-corrected chi connectivity index (χ1v) is 25.8. The Kier molecular flexibility index (Phi) is 12.5. The molecule has 12 atom stereocenters. The van der Waals surface area contributed by atoms with Gasteiger partial charge in [-0.15, -0.1) is 0 Å². The molecule has 10 nitrogen and oxygen atoms in total. The van der Waals surface area contributed by atoms with Crippen LogP contribution in [0.4, 0.5) is 22.4 Å². The van der Waals surface area contributed by atoms with Crippen molar-refractivity contribution in [3.8, 4) is 0 Å². The number of aliphatic hydroxyl groups is 1. The third kappa shape index (κ3) is 9.05. The molecule has 14 heteroatoms. The zero-order chi connectivity index (χ0) is 49.3. The van der Waals surface area contributed by atoms with Crippen LogP contribution in [-0.2, 0) is 38.1 Å². The fourth-order valence-corrected chi connectivity index (χ4v) is 16.9. The van der Waals surface area contributed by atoms with Gasteiger partial charge in [0.1, 0.15) is 22.9 Å². The van der Waals surface area contributed by atoms with Gasteiger partial charge in [-0.3, -0.25) is 9.59 Å². The van der Waals surface area contributed by atoms with E-state index >= 15 is 9.18 Å². The van der Waals surface area contributed by atoms with Crippen LogP contribution in [0.15, 0.2) is 0 Å². The molecule has 10 saturated carbocycles. The Morgan fingerprint density at radius 2 is 1.22 bits per heavy atom. The predicted molar refractivity (Wildman–Crippen MR) is 240 cm³/mol. The van der Waals surface area contributed by atoms with Gasteiger partial charge in [0, 0.05) is 23.7 Å². The molecule has 0 saturated heterocycles. The highest BCUT2D eigenvalue weighted by atomic mass is 19.4. The monoisotopic (exact) mass is 953 g/mol. The van der Waals surface area contributed by atoms with Crippen LogP contribution in [-0.4, -0.2) is 75.1 Å². The van der Waals surface area contributed by atoms with Crippen LogP contribution >= 0.6 is 0 Å². The van der Waals surface area contributed by atoms with Crippen molar-refractivity contribution in [1.82, 2.24) is 0 Å². The van der Waals surface area contributed by atoms with Gasteiger partial charge in [-0.05, 0) is 213 Å². The Morgan fingerprint density at radius 3 is 1.73 bits per heavy atom. The normalized spacial score (nSPS) is 40.1. The molecule has 1 N–H and O–H groups in total. The molecule has 10 rings (SSSR count). The summed E-state index contributed by atoms with van der Waals surface area (Å²) in [6.45, 7) is 17.8. The standard InChI is InChI=1S/C53H80F4O10/c1-12-37-34-16-30-14-31(17-34)26-52(37,25-30)65-40(58)45(6,7)27-47(10,41(59)64-50-23-32-15-33(24-50)22-49(21-32,29-50)46(8,9)62)28-51(54,13-2)42(60)63-39-20-35-18-36(39)19-38(35)48(11,53(55,56)57)67-43(61)66-44(3,4)5/h30-39,62H,12-29H2,1-11H3. The van der Waals surface area contributed by atoms with Gasteiger partial charge in [-0.1, -0.05) is 13.8 Å². The Hall–Kier alpha value is -2.64. The summed E-state index contributed by atoms with van der Waals surface area (Å²) in [5.41, 5.74) is -12.7. The van der Waals surface area contributed by atoms with Crippen LogP contribution in [0.5, 0.6) is 0 Å². The fourth-order valence-electron chi connectivity index (χ4n) is 16.9. The number of rotatable bonds is 15. The Balaban J connectivity index is 1.03. The second-order valence-corrected chi connectivity index (χ2v) is 26.5. The molecule has 0 radical (unpaired) electrons. The number of esters is 3. The van der Waals surface area contributed by atoms with E-state index in [1.807, 2.05) is 13.8 Å². The van der Waals surface area contributed by atoms with Gasteiger partial charge in [0.15, 0.2) is 0 Å². The number of carbonyl (C=O) groups is 4. The highest BCUT2D eigenvalue weighted by Gasteiger charge is 2.68. The summed E-state index contributed by atoms with van der Waals surface area (Å²) in [6, 6.07) is 0. The average Bonchev–Trinajstić information content (AvgIpc) is 3.76. The lowest BCUT2D eigenvalue weighted by Crippen LogP contribution is -2.64. The van der Waals surface area contributed by atoms with Gasteiger partial charge in [-0.25, -0.2) is 14.0 Å². The summed E-state index contributed by atoms with van der Waals surface area (Å²) >= 11 is 0. The van der Waals surface area contributed by atoms with Crippen LogP contribution < -0.4 is 0 Å². The van der Waals surface area contributed by atoms with Crippen molar-refractivity contribution in [3.63, 3.8) is 0 Å². The predicted octanol–water partition coefficient (Wildman–Crippen LogP) is 11.9. The van der Waals surface area contributed by atoms with Crippen molar-refractivity contribution in [2.45, 2.75) is 238 Å². The fraction of sp³-hybridized carbons (Fsp3) is 0.925. The van der Waals surface area contributed by atoms with E-state index in [9.17, 15) is 32.7 Å². The number of hydrogen-bond donors (Lipinski definition) is 1. The summed E-state index contributed by atoms with van der Waals surface area (Å²) in [5.74, 6) is -2.46. The summed E-state index contributed by atoms with van der Waals surface area (Å²) in [5, 5.41) is 11.6. The van der Waals surface area contributed by atoms with E-state index in [1.165, 1.54) is 27.7 Å². The molecule has 10 aliphatic carbocycles. The zero-order valence-electron chi connectivity index (χ0n) is 42.1. The van der Waals surface area contributed by atoms with Crippen LogP contribution in [0.25, 0.3) is 0 Å². The van der Waals surface area contributed by atoms with E-state index in [1.54, 1.807) is 20.8 Å². The maximum atomic E-state index is 17.9. The smallest absolute Gasteiger partial charge is 0.460 e. The molecule has 0 aromatic rings. The molecule has 12 unspecified atom stereocenters. The van der Waals surface area contributed by atoms with E-state index < -0.39 is 110 Å². The van der Waals surface area contributed by atoms with E-state index in [0.717, 1.165) is 64.7 Å². The van der Waals surface area contributed by atoms with Crippen molar-refractivity contribution < 1.29 is 65.5 Å². The van der Waals surface area contributed by atoms with Crippen LogP contribution in [0, 0.1) is 69.5 Å². The van der Waals surface area contributed by atoms with Crippen LogP contribution in [0.3, 0.4) is 0 Å². The van der Waals surface area contributed by atoms with E-state index in [-0.39, 0.29) is 49.9 Å². The van der Waals surface area contributed by atoms with Gasteiger partial charge < -0.3 is 28.8 Å². The molecule has 0 aromatic heterocycles. The first-order chi connectivity index (χ1) is 30.7. The van der Waals surface area contributed by atoms with E-state index in [4.69, 9.17) is 23.7 Å². The average molecular weight is 953 g/mol.